The molecule has 1 nitrogen and oxygen atoms in total. The molecule has 28 heavy (non-hydrogen) atoms. The van der Waals surface area contributed by atoms with E-state index in [1.165, 1.54) is 56.1 Å². The molecule has 0 aromatic heterocycles. The summed E-state index contributed by atoms with van der Waals surface area (Å²) in [4.78, 5) is 0. The quantitative estimate of drug-likeness (QED) is 0.180. The van der Waals surface area contributed by atoms with Crippen LogP contribution in [0, 0.1) is 18.3 Å². The first-order valence-electron chi connectivity index (χ1n) is 11.8. The molecule has 0 saturated heterocycles. The van der Waals surface area contributed by atoms with Crippen molar-refractivity contribution in [2.24, 2.45) is 11.8 Å². The molecule has 0 spiro atoms. The van der Waals surface area contributed by atoms with Gasteiger partial charge in [0.15, 0.2) is 0 Å². The van der Waals surface area contributed by atoms with E-state index >= 15 is 0 Å². The third kappa shape index (κ3) is 11.2. The molecule has 0 radical (unpaired) electrons. The number of hydrogen-bond acceptors (Lipinski definition) is 1. The maximum atomic E-state index is 10.8. The van der Waals surface area contributed by atoms with Crippen LogP contribution in [0.5, 0.6) is 0 Å². The Morgan fingerprint density at radius 1 is 1.29 bits per heavy atom. The van der Waals surface area contributed by atoms with Crippen molar-refractivity contribution in [2.45, 2.75) is 118 Å². The van der Waals surface area contributed by atoms with Gasteiger partial charge in [0.2, 0.25) is 0 Å². The summed E-state index contributed by atoms with van der Waals surface area (Å²) in [6, 6.07) is 0. The van der Waals surface area contributed by atoms with Gasteiger partial charge in [-0.1, -0.05) is 68.1 Å². The molecular formula is C27H47O-. The van der Waals surface area contributed by atoms with Crippen LogP contribution in [-0.2, 0) is 0 Å². The SMILES string of the molecule is C[CH-]CCC/C(C)=C/CCC(C)CCCC(C)(O)CCC1=CC=C(C)C(C)C1. The third-order valence-electron chi connectivity index (χ3n) is 6.54. The fourth-order valence-corrected chi connectivity index (χ4v) is 4.05. The Bertz CT molecular complexity index is 520. The van der Waals surface area contributed by atoms with E-state index in [1.54, 1.807) is 5.57 Å². The van der Waals surface area contributed by atoms with Gasteiger partial charge in [-0.3, -0.25) is 0 Å². The van der Waals surface area contributed by atoms with Gasteiger partial charge in [0.25, 0.3) is 0 Å². The standard InChI is InChI=1S/C27H47O/c1-7-8-9-12-22(2)13-10-14-23(3)15-11-19-27(6,28)20-18-26-17-16-24(4)25(5)21-26/h7,13,16-17,23,25,28H,8-12,14-15,18-21H2,1-6H3/q-1/b22-13+. The lowest BCUT2D eigenvalue weighted by Gasteiger charge is -2.26. The zero-order valence-electron chi connectivity index (χ0n) is 19.7. The molecule has 0 heterocycles. The molecule has 1 heteroatoms. The second-order valence-electron chi connectivity index (χ2n) is 9.76. The second-order valence-corrected chi connectivity index (χ2v) is 9.76. The maximum Gasteiger partial charge on any atom is 0.0622 e. The Hall–Kier alpha value is -0.820. The molecular weight excluding hydrogens is 340 g/mol. The van der Waals surface area contributed by atoms with Gasteiger partial charge >= 0.3 is 0 Å². The van der Waals surface area contributed by atoms with Crippen molar-refractivity contribution in [3.8, 4) is 0 Å². The first-order chi connectivity index (χ1) is 13.2. The Labute approximate surface area is 176 Å². The molecule has 0 saturated carbocycles. The summed E-state index contributed by atoms with van der Waals surface area (Å²) in [5, 5.41) is 10.8. The van der Waals surface area contributed by atoms with E-state index in [-0.39, 0.29) is 0 Å². The van der Waals surface area contributed by atoms with Crippen LogP contribution in [0.25, 0.3) is 0 Å². The van der Waals surface area contributed by atoms with Gasteiger partial charge in [-0.15, -0.1) is 0 Å². The van der Waals surface area contributed by atoms with Crippen LogP contribution in [0.1, 0.15) is 112 Å². The zero-order valence-corrected chi connectivity index (χ0v) is 19.7. The fourth-order valence-electron chi connectivity index (χ4n) is 4.05. The van der Waals surface area contributed by atoms with Crippen molar-refractivity contribution < 1.29 is 5.11 Å². The molecule has 3 unspecified atom stereocenters. The molecule has 0 fully saturated rings. The van der Waals surface area contributed by atoms with Crippen molar-refractivity contribution in [3.63, 3.8) is 0 Å². The van der Waals surface area contributed by atoms with Gasteiger partial charge in [-0.2, -0.15) is 13.3 Å². The summed E-state index contributed by atoms with van der Waals surface area (Å²) in [6.45, 7) is 13.3. The minimum atomic E-state index is -0.521. The number of allylic oxidation sites excluding steroid dienone is 6. The number of unbranched alkanes of at least 4 members (excludes halogenated alkanes) is 2. The van der Waals surface area contributed by atoms with Crippen LogP contribution in [0.2, 0.25) is 0 Å². The van der Waals surface area contributed by atoms with E-state index < -0.39 is 5.60 Å². The van der Waals surface area contributed by atoms with Gasteiger partial charge in [-0.05, 0) is 77.6 Å². The molecule has 162 valence electrons. The highest BCUT2D eigenvalue weighted by Crippen LogP contribution is 2.30. The minimum Gasteiger partial charge on any atom is -0.390 e. The Morgan fingerprint density at radius 3 is 2.71 bits per heavy atom. The monoisotopic (exact) mass is 387 g/mol. The minimum absolute atomic E-state index is 0.521. The van der Waals surface area contributed by atoms with Gasteiger partial charge in [0.05, 0.1) is 5.60 Å². The highest BCUT2D eigenvalue weighted by molar-refractivity contribution is 5.25. The third-order valence-corrected chi connectivity index (χ3v) is 6.54. The Kier molecular flexibility index (Phi) is 12.1. The van der Waals surface area contributed by atoms with E-state index in [9.17, 15) is 5.11 Å². The van der Waals surface area contributed by atoms with Crippen LogP contribution in [0.3, 0.4) is 0 Å². The normalized spacial score (nSPS) is 21.1. The van der Waals surface area contributed by atoms with Crippen LogP contribution < -0.4 is 0 Å². The highest BCUT2D eigenvalue weighted by Gasteiger charge is 2.21. The largest absolute Gasteiger partial charge is 0.390 e. The molecule has 1 N–H and O–H groups in total. The van der Waals surface area contributed by atoms with Crippen LogP contribution in [0.15, 0.2) is 34.9 Å². The van der Waals surface area contributed by atoms with Crippen molar-refractivity contribution in [2.75, 3.05) is 0 Å². The highest BCUT2D eigenvalue weighted by atomic mass is 16.3. The number of hydrogen-bond donors (Lipinski definition) is 1. The molecule has 0 aromatic rings. The van der Waals surface area contributed by atoms with Crippen molar-refractivity contribution in [1.29, 1.82) is 0 Å². The molecule has 0 amide bonds. The zero-order chi connectivity index (χ0) is 21.0. The lowest BCUT2D eigenvalue weighted by Crippen LogP contribution is -2.24. The van der Waals surface area contributed by atoms with E-state index in [4.69, 9.17) is 0 Å². The number of rotatable bonds is 14. The summed E-state index contributed by atoms with van der Waals surface area (Å²) >= 11 is 0. The smallest absolute Gasteiger partial charge is 0.0622 e. The molecule has 1 rings (SSSR count). The molecule has 0 aromatic carbocycles. The summed E-state index contributed by atoms with van der Waals surface area (Å²) in [5.74, 6) is 1.41. The van der Waals surface area contributed by atoms with Crippen LogP contribution >= 0.6 is 0 Å². The number of aliphatic hydroxyl groups is 1. The van der Waals surface area contributed by atoms with E-state index in [1.807, 2.05) is 6.92 Å². The predicted octanol–water partition coefficient (Wildman–Crippen LogP) is 8.36. The van der Waals surface area contributed by atoms with E-state index in [2.05, 4.69) is 59.3 Å². The van der Waals surface area contributed by atoms with Gasteiger partial charge in [0.1, 0.15) is 0 Å². The van der Waals surface area contributed by atoms with Gasteiger partial charge in [-0.25, -0.2) is 0 Å². The predicted molar refractivity (Wildman–Crippen MR) is 125 cm³/mol. The van der Waals surface area contributed by atoms with Crippen LogP contribution in [0.4, 0.5) is 0 Å². The second kappa shape index (κ2) is 13.4. The fraction of sp³-hybridized carbons (Fsp3) is 0.741. The molecule has 0 bridgehead atoms. The van der Waals surface area contributed by atoms with E-state index in [0.29, 0.717) is 5.92 Å². The molecule has 3 atom stereocenters. The molecule has 0 aliphatic heterocycles. The summed E-state index contributed by atoms with van der Waals surface area (Å²) < 4.78 is 0. The lowest BCUT2D eigenvalue weighted by atomic mass is 9.84. The Balaban J connectivity index is 2.20. The summed E-state index contributed by atoms with van der Waals surface area (Å²) in [5.41, 5.74) is 4.01. The first kappa shape index (κ1) is 25.2. The average Bonchev–Trinajstić information content (AvgIpc) is 2.63. The summed E-state index contributed by atoms with van der Waals surface area (Å²) in [7, 11) is 0. The molecule has 1 aliphatic carbocycles. The summed E-state index contributed by atoms with van der Waals surface area (Å²) in [6.07, 6.45) is 21.9. The lowest BCUT2D eigenvalue weighted by molar-refractivity contribution is 0.0384. The topological polar surface area (TPSA) is 20.2 Å². The van der Waals surface area contributed by atoms with Crippen LogP contribution in [-0.4, -0.2) is 10.7 Å². The van der Waals surface area contributed by atoms with Crippen molar-refractivity contribution in [1.82, 2.24) is 0 Å². The van der Waals surface area contributed by atoms with Gasteiger partial charge < -0.3 is 11.5 Å². The van der Waals surface area contributed by atoms with Crippen molar-refractivity contribution >= 4 is 0 Å². The van der Waals surface area contributed by atoms with Crippen molar-refractivity contribution in [3.05, 3.63) is 41.4 Å². The van der Waals surface area contributed by atoms with Gasteiger partial charge in [0, 0.05) is 0 Å². The molecule has 1 aliphatic rings. The maximum absolute atomic E-state index is 10.8. The van der Waals surface area contributed by atoms with E-state index in [0.717, 1.165) is 31.6 Å². The average molecular weight is 388 g/mol. The first-order valence-corrected chi connectivity index (χ1v) is 11.8. The Morgan fingerprint density at radius 2 is 2.04 bits per heavy atom.